The Hall–Kier alpha value is -1.40. The van der Waals surface area contributed by atoms with Gasteiger partial charge in [-0.25, -0.2) is 8.42 Å². The van der Waals surface area contributed by atoms with E-state index in [1.165, 1.54) is 18.2 Å². The van der Waals surface area contributed by atoms with E-state index < -0.39 is 21.7 Å². The maximum Gasteiger partial charge on any atom is 0.310 e. The molecule has 1 aromatic rings. The number of sulfone groups is 1. The minimum Gasteiger partial charge on any atom is -0.481 e. The minimum absolute atomic E-state index is 0.00561. The smallest absolute Gasteiger partial charge is 0.310 e. The second-order valence-electron chi connectivity index (χ2n) is 6.16. The predicted molar refractivity (Wildman–Crippen MR) is 86.5 cm³/mol. The maximum absolute atomic E-state index is 11.6. The first-order chi connectivity index (χ1) is 10.7. The van der Waals surface area contributed by atoms with E-state index in [-0.39, 0.29) is 21.8 Å². The third-order valence-corrected chi connectivity index (χ3v) is 5.98. The summed E-state index contributed by atoms with van der Waals surface area (Å²) in [5.74, 6) is -1.52. The van der Waals surface area contributed by atoms with E-state index in [0.717, 1.165) is 25.4 Å². The molecule has 0 aliphatic heterocycles. The van der Waals surface area contributed by atoms with Crippen molar-refractivity contribution in [2.24, 2.45) is 11.8 Å². The molecule has 0 spiro atoms. The lowest BCUT2D eigenvalue weighted by Crippen LogP contribution is -2.16. The van der Waals surface area contributed by atoms with Gasteiger partial charge in [-0.1, -0.05) is 17.7 Å². The third-order valence-electron chi connectivity index (χ3n) is 4.40. The number of carbonyl (C=O) groups excluding carboxylic acids is 1. The molecule has 1 N–H and O–H groups in total. The zero-order valence-electron chi connectivity index (χ0n) is 12.7. The normalized spacial score (nSPS) is 22.7. The highest BCUT2D eigenvalue weighted by atomic mass is 35.5. The summed E-state index contributed by atoms with van der Waals surface area (Å²) in [6, 6.07) is 4.28. The van der Waals surface area contributed by atoms with Gasteiger partial charge in [0.25, 0.3) is 0 Å². The first-order valence-electron chi connectivity index (χ1n) is 7.40. The SMILES string of the molecule is CS(=O)(=O)c1ccc(C(CC2CCC(C=O)C2)C(=O)O)cc1Cl. The first kappa shape index (κ1) is 17.9. The predicted octanol–water partition coefficient (Wildman–Crippen LogP) is 2.92. The molecule has 3 unspecified atom stereocenters. The molecule has 0 bridgehead atoms. The molecule has 1 aromatic carbocycles. The van der Waals surface area contributed by atoms with Gasteiger partial charge in [-0.3, -0.25) is 4.79 Å². The number of hydrogen-bond acceptors (Lipinski definition) is 4. The third kappa shape index (κ3) is 4.32. The van der Waals surface area contributed by atoms with Crippen molar-refractivity contribution >= 4 is 33.7 Å². The molecule has 0 radical (unpaired) electrons. The monoisotopic (exact) mass is 358 g/mol. The summed E-state index contributed by atoms with van der Waals surface area (Å²) in [5, 5.41) is 9.53. The molecule has 7 heteroatoms. The molecule has 1 aliphatic rings. The Labute approximate surface area is 140 Å². The summed E-state index contributed by atoms with van der Waals surface area (Å²) in [4.78, 5) is 22.4. The van der Waals surface area contributed by atoms with Crippen molar-refractivity contribution in [3.63, 3.8) is 0 Å². The molecule has 1 aliphatic carbocycles. The highest BCUT2D eigenvalue weighted by molar-refractivity contribution is 7.90. The van der Waals surface area contributed by atoms with Crippen LogP contribution >= 0.6 is 11.6 Å². The van der Waals surface area contributed by atoms with Crippen molar-refractivity contribution in [2.75, 3.05) is 6.26 Å². The van der Waals surface area contributed by atoms with E-state index in [9.17, 15) is 23.1 Å². The average molecular weight is 359 g/mol. The highest BCUT2D eigenvalue weighted by Crippen LogP contribution is 2.38. The Balaban J connectivity index is 2.23. The molecular formula is C16H19ClO5S. The number of carbonyl (C=O) groups is 2. The van der Waals surface area contributed by atoms with Crippen LogP contribution in [0.5, 0.6) is 0 Å². The van der Waals surface area contributed by atoms with Gasteiger partial charge in [0.1, 0.15) is 6.29 Å². The zero-order valence-corrected chi connectivity index (χ0v) is 14.3. The van der Waals surface area contributed by atoms with Crippen LogP contribution in [0.15, 0.2) is 23.1 Å². The molecule has 2 rings (SSSR count). The molecule has 23 heavy (non-hydrogen) atoms. The van der Waals surface area contributed by atoms with Gasteiger partial charge in [-0.15, -0.1) is 0 Å². The zero-order chi connectivity index (χ0) is 17.2. The van der Waals surface area contributed by atoms with Gasteiger partial charge in [0, 0.05) is 12.2 Å². The lowest BCUT2D eigenvalue weighted by molar-refractivity contribution is -0.139. The topological polar surface area (TPSA) is 88.5 Å². The number of rotatable bonds is 6. The maximum atomic E-state index is 11.6. The second-order valence-corrected chi connectivity index (χ2v) is 8.56. The lowest BCUT2D eigenvalue weighted by atomic mass is 9.87. The Morgan fingerprint density at radius 2 is 2.13 bits per heavy atom. The van der Waals surface area contributed by atoms with Crippen molar-refractivity contribution in [2.45, 2.75) is 36.5 Å². The van der Waals surface area contributed by atoms with Crippen molar-refractivity contribution in [3.05, 3.63) is 28.8 Å². The molecule has 126 valence electrons. The van der Waals surface area contributed by atoms with E-state index in [4.69, 9.17) is 11.6 Å². The number of hydrogen-bond donors (Lipinski definition) is 1. The van der Waals surface area contributed by atoms with Gasteiger partial charge >= 0.3 is 5.97 Å². The van der Waals surface area contributed by atoms with Gasteiger partial charge in [0.15, 0.2) is 9.84 Å². The van der Waals surface area contributed by atoms with Crippen molar-refractivity contribution in [1.82, 2.24) is 0 Å². The molecular weight excluding hydrogens is 340 g/mol. The van der Waals surface area contributed by atoms with E-state index >= 15 is 0 Å². The summed E-state index contributed by atoms with van der Waals surface area (Å²) in [5.41, 5.74) is 0.490. The van der Waals surface area contributed by atoms with Gasteiger partial charge < -0.3 is 9.90 Å². The molecule has 1 fully saturated rings. The summed E-state index contributed by atoms with van der Waals surface area (Å²) in [6.45, 7) is 0. The molecule has 3 atom stereocenters. The van der Waals surface area contributed by atoms with Crippen LogP contribution < -0.4 is 0 Å². The van der Waals surface area contributed by atoms with Crippen LogP contribution in [0.4, 0.5) is 0 Å². The molecule has 5 nitrogen and oxygen atoms in total. The van der Waals surface area contributed by atoms with E-state index in [0.29, 0.717) is 18.4 Å². The van der Waals surface area contributed by atoms with Crippen molar-refractivity contribution in [1.29, 1.82) is 0 Å². The lowest BCUT2D eigenvalue weighted by Gasteiger charge is -2.18. The molecule has 0 saturated heterocycles. The fourth-order valence-corrected chi connectivity index (χ4v) is 4.54. The average Bonchev–Trinajstić information content (AvgIpc) is 2.90. The van der Waals surface area contributed by atoms with Crippen LogP contribution in [-0.2, 0) is 19.4 Å². The number of aliphatic carboxylic acids is 1. The fourth-order valence-electron chi connectivity index (χ4n) is 3.20. The highest BCUT2D eigenvalue weighted by Gasteiger charge is 2.30. The Kier molecular flexibility index (Phi) is 5.47. The molecule has 0 aromatic heterocycles. The van der Waals surface area contributed by atoms with Crippen LogP contribution in [0.3, 0.4) is 0 Å². The fraction of sp³-hybridized carbons (Fsp3) is 0.500. The standard InChI is InChI=1S/C16H19ClO5S/c1-23(21,22)15-5-4-12(8-14(15)17)13(16(19)20)7-10-2-3-11(6-10)9-18/h4-5,8-11,13H,2-3,6-7H2,1H3,(H,19,20). The summed E-state index contributed by atoms with van der Waals surface area (Å²) < 4.78 is 23.2. The van der Waals surface area contributed by atoms with Crippen LogP contribution in [0.2, 0.25) is 5.02 Å². The van der Waals surface area contributed by atoms with E-state index in [1.54, 1.807) is 0 Å². The molecule has 0 amide bonds. The largest absolute Gasteiger partial charge is 0.481 e. The quantitative estimate of drug-likeness (QED) is 0.790. The van der Waals surface area contributed by atoms with Crippen LogP contribution in [-0.4, -0.2) is 32.0 Å². The van der Waals surface area contributed by atoms with Crippen molar-refractivity contribution < 1.29 is 23.1 Å². The summed E-state index contributed by atoms with van der Waals surface area (Å²) in [7, 11) is -3.45. The number of benzene rings is 1. The van der Waals surface area contributed by atoms with Crippen LogP contribution in [0.1, 0.15) is 37.2 Å². The Morgan fingerprint density at radius 3 is 2.61 bits per heavy atom. The van der Waals surface area contributed by atoms with Crippen molar-refractivity contribution in [3.8, 4) is 0 Å². The van der Waals surface area contributed by atoms with E-state index in [2.05, 4.69) is 0 Å². The molecule has 0 heterocycles. The van der Waals surface area contributed by atoms with Gasteiger partial charge in [0.2, 0.25) is 0 Å². The van der Waals surface area contributed by atoms with Crippen LogP contribution in [0, 0.1) is 11.8 Å². The van der Waals surface area contributed by atoms with Crippen LogP contribution in [0.25, 0.3) is 0 Å². The molecule has 1 saturated carbocycles. The summed E-state index contributed by atoms with van der Waals surface area (Å²) in [6.07, 6.45) is 4.77. The second kappa shape index (κ2) is 7.01. The van der Waals surface area contributed by atoms with Gasteiger partial charge in [0.05, 0.1) is 15.8 Å². The number of carboxylic acid groups (broad SMARTS) is 1. The first-order valence-corrected chi connectivity index (χ1v) is 9.67. The van der Waals surface area contributed by atoms with Gasteiger partial charge in [-0.05, 0) is 49.3 Å². The Bertz CT molecular complexity index is 713. The van der Waals surface area contributed by atoms with Gasteiger partial charge in [-0.2, -0.15) is 0 Å². The number of carboxylic acids is 1. The minimum atomic E-state index is -3.45. The number of halogens is 1. The Morgan fingerprint density at radius 1 is 1.43 bits per heavy atom. The van der Waals surface area contributed by atoms with E-state index in [1.807, 2.05) is 0 Å². The number of aldehydes is 1. The summed E-state index contributed by atoms with van der Waals surface area (Å²) >= 11 is 6.01.